The molecule has 0 N–H and O–H groups in total. The average Bonchev–Trinajstić information content (AvgIpc) is 3.48. The van der Waals surface area contributed by atoms with Crippen molar-refractivity contribution >= 4 is 9.96 Å². The molecule has 2 aliphatic rings. The van der Waals surface area contributed by atoms with Crippen LogP contribution < -0.4 is 9.96 Å². The Morgan fingerprint density at radius 1 is 0.649 bits per heavy atom. The molecule has 7 rings (SSSR count). The van der Waals surface area contributed by atoms with Crippen LogP contribution >= 0.6 is 0 Å². The van der Waals surface area contributed by atoms with Gasteiger partial charge in [0.1, 0.15) is 0 Å². The van der Waals surface area contributed by atoms with E-state index in [9.17, 15) is 0 Å². The molecule has 0 unspecified atom stereocenters. The molecule has 0 amide bonds. The number of rotatable bonds is 5. The van der Waals surface area contributed by atoms with Gasteiger partial charge in [0.25, 0.3) is 0 Å². The summed E-state index contributed by atoms with van der Waals surface area (Å²) in [6.07, 6.45) is 2.10. The Labute approximate surface area is 228 Å². The minimum atomic E-state index is -2.81. The molecule has 2 aliphatic carbocycles. The molecule has 1 radical (unpaired) electrons. The monoisotopic (exact) mass is 643 g/mol. The Balaban J connectivity index is 1.45. The van der Waals surface area contributed by atoms with Crippen LogP contribution in [0.4, 0.5) is 0 Å². The summed E-state index contributed by atoms with van der Waals surface area (Å²) in [5, 5.41) is 0. The first-order valence-electron chi connectivity index (χ1n) is 13.1. The zero-order valence-electron chi connectivity index (χ0n) is 21.4. The van der Waals surface area contributed by atoms with E-state index in [2.05, 4.69) is 128 Å². The second kappa shape index (κ2) is 9.35. The molecule has 0 bridgehead atoms. The Morgan fingerprint density at radius 3 is 1.76 bits per heavy atom. The number of nitrogens with zero attached hydrogens (tertiary/aromatic N) is 1. The van der Waals surface area contributed by atoms with Crippen molar-refractivity contribution in [2.45, 2.75) is 19.4 Å². The third kappa shape index (κ3) is 3.98. The van der Waals surface area contributed by atoms with Gasteiger partial charge in [-0.1, -0.05) is 0 Å². The Hall–Kier alpha value is -3.07. The summed E-state index contributed by atoms with van der Waals surface area (Å²) in [5.41, 5.74) is 13.1. The minimum absolute atomic E-state index is 0.920. The van der Waals surface area contributed by atoms with Gasteiger partial charge in [-0.05, 0) is 0 Å². The maximum absolute atomic E-state index is 3.52. The molecule has 5 aromatic rings. The molecule has 0 fully saturated rings. The van der Waals surface area contributed by atoms with Gasteiger partial charge in [-0.15, -0.1) is 0 Å². The van der Waals surface area contributed by atoms with Crippen LogP contribution in [0.15, 0.2) is 103 Å². The van der Waals surface area contributed by atoms with Crippen molar-refractivity contribution < 1.29 is 21.4 Å². The van der Waals surface area contributed by atoms with Gasteiger partial charge in [0.2, 0.25) is 0 Å². The van der Waals surface area contributed by atoms with Gasteiger partial charge >= 0.3 is 229 Å². The third-order valence-electron chi connectivity index (χ3n) is 7.88. The summed E-state index contributed by atoms with van der Waals surface area (Å²) in [4.78, 5) is 2.24. The first kappa shape index (κ1) is 23.1. The van der Waals surface area contributed by atoms with Gasteiger partial charge in [0.15, 0.2) is 0 Å². The number of benzene rings is 5. The zero-order chi connectivity index (χ0) is 24.9. The molecule has 0 aromatic heterocycles. The second-order valence-electron chi connectivity index (χ2n) is 10.5. The number of hydrogen-bond acceptors (Lipinski definition) is 1. The molecule has 0 saturated carbocycles. The van der Waals surface area contributed by atoms with E-state index in [1.165, 1.54) is 38.9 Å². The number of fused-ring (bicyclic) bond motifs is 6. The van der Waals surface area contributed by atoms with Crippen molar-refractivity contribution in [3.05, 3.63) is 137 Å². The predicted molar refractivity (Wildman–Crippen MR) is 151 cm³/mol. The van der Waals surface area contributed by atoms with Crippen LogP contribution in [0.25, 0.3) is 22.3 Å². The SMILES string of the molecule is CN(C)Cc1[c]cc[c]([Hf]([c]2cccc3c2Cc2ccccc2-3)[c]2cccc3c2Cc2ccccc2-3)c1. The first-order valence-corrected chi connectivity index (χ1v) is 18.5. The van der Waals surface area contributed by atoms with E-state index < -0.39 is 21.4 Å². The van der Waals surface area contributed by atoms with Crippen molar-refractivity contribution in [2.24, 2.45) is 0 Å². The quantitative estimate of drug-likeness (QED) is 0.222. The van der Waals surface area contributed by atoms with E-state index in [1.807, 2.05) is 0 Å². The summed E-state index contributed by atoms with van der Waals surface area (Å²) in [5.74, 6) is 0. The molecule has 0 heterocycles. The van der Waals surface area contributed by atoms with E-state index in [0.717, 1.165) is 19.4 Å². The van der Waals surface area contributed by atoms with Crippen molar-refractivity contribution in [3.63, 3.8) is 0 Å². The van der Waals surface area contributed by atoms with Gasteiger partial charge < -0.3 is 0 Å². The van der Waals surface area contributed by atoms with E-state index in [-0.39, 0.29) is 0 Å². The fourth-order valence-corrected chi connectivity index (χ4v) is 17.3. The van der Waals surface area contributed by atoms with E-state index >= 15 is 0 Å². The van der Waals surface area contributed by atoms with Crippen LogP contribution in [0.1, 0.15) is 27.8 Å². The maximum atomic E-state index is 3.52. The average molecular weight is 642 g/mol. The molecule has 0 atom stereocenters. The summed E-state index contributed by atoms with van der Waals surface area (Å²) in [6, 6.07) is 42.8. The van der Waals surface area contributed by atoms with Crippen LogP contribution in [0.3, 0.4) is 0 Å². The molecule has 0 saturated heterocycles. The van der Waals surface area contributed by atoms with Gasteiger partial charge in [-0.2, -0.15) is 0 Å². The van der Waals surface area contributed by atoms with Crippen molar-refractivity contribution in [1.29, 1.82) is 0 Å². The summed E-state index contributed by atoms with van der Waals surface area (Å²) in [6.45, 7) is 0.920. The van der Waals surface area contributed by atoms with Gasteiger partial charge in [-0.25, -0.2) is 0 Å². The third-order valence-corrected chi connectivity index (χ3v) is 18.3. The van der Waals surface area contributed by atoms with Crippen molar-refractivity contribution in [3.8, 4) is 22.3 Å². The van der Waals surface area contributed by atoms with Crippen LogP contribution in [0.2, 0.25) is 0 Å². The van der Waals surface area contributed by atoms with Gasteiger partial charge in [-0.3, -0.25) is 0 Å². The Morgan fingerprint density at radius 2 is 1.19 bits per heavy atom. The molecule has 5 aromatic carbocycles. The van der Waals surface area contributed by atoms with Crippen LogP contribution in [0, 0.1) is 6.07 Å². The molecular formula is C35H29HfN. The molecule has 0 spiro atoms. The van der Waals surface area contributed by atoms with Crippen molar-refractivity contribution in [1.82, 2.24) is 4.90 Å². The zero-order valence-corrected chi connectivity index (χ0v) is 25.0. The summed E-state index contributed by atoms with van der Waals surface area (Å²) >= 11 is -2.81. The summed E-state index contributed by atoms with van der Waals surface area (Å²) < 4.78 is 4.85. The number of hydrogen-bond donors (Lipinski definition) is 0. The standard InChI is InChI=1S/2C13H9.C9H11N.Hf/c2*1-3-7-12-10(5-1)9-11-6-2-4-8-13(11)12;1-10(2)8-9-6-4-3-5-7-9;/h2*1-5,7-8H,9H2;3-4,7H,8H2,1-2H3;. The molecular weight excluding hydrogens is 613 g/mol. The Kier molecular flexibility index (Phi) is 5.83. The van der Waals surface area contributed by atoms with Crippen LogP contribution in [-0.4, -0.2) is 19.0 Å². The van der Waals surface area contributed by atoms with E-state index in [0.29, 0.717) is 0 Å². The molecule has 37 heavy (non-hydrogen) atoms. The molecule has 178 valence electrons. The predicted octanol–water partition coefficient (Wildman–Crippen LogP) is 5.59. The summed E-state index contributed by atoms with van der Waals surface area (Å²) in [7, 11) is 4.29. The van der Waals surface area contributed by atoms with Crippen LogP contribution in [-0.2, 0) is 40.8 Å². The first-order chi connectivity index (χ1) is 18.2. The topological polar surface area (TPSA) is 3.24 Å². The van der Waals surface area contributed by atoms with E-state index in [1.54, 1.807) is 21.1 Å². The van der Waals surface area contributed by atoms with Gasteiger partial charge in [0, 0.05) is 0 Å². The molecule has 1 nitrogen and oxygen atoms in total. The molecule has 0 aliphatic heterocycles. The fourth-order valence-electron chi connectivity index (χ4n) is 6.34. The normalized spacial score (nSPS) is 12.7. The van der Waals surface area contributed by atoms with Crippen LogP contribution in [0.5, 0.6) is 0 Å². The van der Waals surface area contributed by atoms with Crippen molar-refractivity contribution in [2.75, 3.05) is 14.1 Å². The fraction of sp³-hybridized carbons (Fsp3) is 0.143. The Bertz CT molecular complexity index is 1550. The van der Waals surface area contributed by atoms with E-state index in [4.69, 9.17) is 0 Å². The second-order valence-corrected chi connectivity index (χ2v) is 19.2. The van der Waals surface area contributed by atoms with Gasteiger partial charge in [0.05, 0.1) is 0 Å². The molecule has 2 heteroatoms.